The van der Waals surface area contributed by atoms with Gasteiger partial charge in [-0.2, -0.15) is 0 Å². The van der Waals surface area contributed by atoms with Gasteiger partial charge in [-0.15, -0.1) is 0 Å². The number of nitrogens with zero attached hydrogens (tertiary/aromatic N) is 12. The molecule has 0 N–H and O–H groups in total. The molecule has 0 unspecified atom stereocenters. The maximum Gasteiger partial charge on any atom is 0.116 e. The highest BCUT2D eigenvalue weighted by Crippen LogP contribution is 2.57. The molecule has 12 nitrogen and oxygen atoms in total. The second-order valence-electron chi connectivity index (χ2n) is 48.7. The number of benzene rings is 12. The normalized spacial score (nSPS) is 15.7. The summed E-state index contributed by atoms with van der Waals surface area (Å²) in [4.78, 5) is 55.5. The van der Waals surface area contributed by atoms with Crippen LogP contribution in [0.5, 0.6) is 0 Å². The van der Waals surface area contributed by atoms with E-state index in [4.69, 9.17) is 0 Å². The molecule has 12 aromatic carbocycles. The predicted octanol–water partition coefficient (Wildman–Crippen LogP) is 32.9. The summed E-state index contributed by atoms with van der Waals surface area (Å²) in [7, 11) is 0. The molecule has 12 heteroatoms. The number of aromatic nitrogens is 12. The SMILES string of the molecule is CC(C)(C)Cc1cc2c3c(ncnc3c1)-c1ccccc1C2(C)C.CC(C)Cc1cc2c3c(ncnc3c1)-c1ccccc1C2(C)C.CC1(C)c2ccccc2-c2ncnc3cc(C4CCCC4)cc1c23.Cc1ccc2c(c1)-c1ncnc3cc(C(C)C)cc(c13)C2(C)C.Cc1ccc2c(c1)-c1ncnc3cc(CC(C)(C)C)cc(c13)C2(C)C.Cc1ccc2c(c1)-c1ncnc3cc(CC(C)C)cc(c13)C2(C)C. The maximum atomic E-state index is 4.68. The second kappa shape index (κ2) is 36.2. The van der Waals surface area contributed by atoms with Crippen molar-refractivity contribution in [2.24, 2.45) is 22.7 Å². The van der Waals surface area contributed by atoms with E-state index in [0.717, 1.165) is 92.9 Å². The molecular weight excluding hydrogens is 1740 g/mol. The van der Waals surface area contributed by atoms with Crippen molar-refractivity contribution >= 4 is 65.4 Å². The first-order valence-corrected chi connectivity index (χ1v) is 52.2. The molecule has 0 spiro atoms. The minimum absolute atomic E-state index is 0.0127. The van der Waals surface area contributed by atoms with Crippen LogP contribution in [-0.4, -0.2) is 59.8 Å². The van der Waals surface area contributed by atoms with Crippen molar-refractivity contribution in [1.29, 1.82) is 0 Å². The Morgan fingerprint density at radius 1 is 0.259 bits per heavy atom. The fourth-order valence-corrected chi connectivity index (χ4v) is 24.8. The molecule has 0 amide bonds. The first-order valence-electron chi connectivity index (χ1n) is 52.2. The van der Waals surface area contributed by atoms with Crippen LogP contribution in [0.2, 0.25) is 0 Å². The average Bonchev–Trinajstić information content (AvgIpc) is 1.02. The lowest BCUT2D eigenvalue weighted by Gasteiger charge is -2.35. The third-order valence-corrected chi connectivity index (χ3v) is 31.9. The fourth-order valence-electron chi connectivity index (χ4n) is 24.8. The number of hydrogen-bond donors (Lipinski definition) is 0. The topological polar surface area (TPSA) is 155 Å². The lowest BCUT2D eigenvalue weighted by atomic mass is 9.69. The molecule has 1 fully saturated rings. The Labute approximate surface area is 847 Å². The van der Waals surface area contributed by atoms with Gasteiger partial charge in [-0.25, -0.2) is 59.8 Å². The van der Waals surface area contributed by atoms with Crippen LogP contribution < -0.4 is 0 Å². The van der Waals surface area contributed by atoms with E-state index in [9.17, 15) is 0 Å². The summed E-state index contributed by atoms with van der Waals surface area (Å²) in [5, 5.41) is 7.38. The first-order chi connectivity index (χ1) is 67.8. The van der Waals surface area contributed by atoms with Gasteiger partial charge in [0.2, 0.25) is 0 Å². The smallest absolute Gasteiger partial charge is 0.116 e. The van der Waals surface area contributed by atoms with Crippen LogP contribution in [0.4, 0.5) is 0 Å². The third-order valence-electron chi connectivity index (χ3n) is 31.9. The van der Waals surface area contributed by atoms with Gasteiger partial charge < -0.3 is 0 Å². The molecule has 0 atom stereocenters. The van der Waals surface area contributed by atoms with E-state index < -0.39 is 0 Å². The van der Waals surface area contributed by atoms with E-state index in [0.29, 0.717) is 23.7 Å². The molecule has 1 saturated carbocycles. The van der Waals surface area contributed by atoms with Crippen LogP contribution in [0.1, 0.15) is 321 Å². The summed E-state index contributed by atoms with van der Waals surface area (Å²) in [6.45, 7) is 61.6. The van der Waals surface area contributed by atoms with Crippen molar-refractivity contribution < 1.29 is 0 Å². The van der Waals surface area contributed by atoms with Crippen LogP contribution in [0.15, 0.2) is 238 Å². The Bertz CT molecular complexity index is 8140. The minimum Gasteiger partial charge on any atom is -0.236 e. The van der Waals surface area contributed by atoms with Gasteiger partial charge in [0.1, 0.15) is 38.0 Å². The Kier molecular flexibility index (Phi) is 24.6. The van der Waals surface area contributed by atoms with Gasteiger partial charge in [-0.3, -0.25) is 0 Å². The Balaban J connectivity index is 0.000000105. The molecule has 18 aromatic rings. The number of rotatable bonds is 8. The molecule has 0 radical (unpaired) electrons. The van der Waals surface area contributed by atoms with Gasteiger partial charge in [-0.05, 0) is 249 Å². The van der Waals surface area contributed by atoms with E-state index in [1.165, 1.54) is 208 Å². The lowest BCUT2D eigenvalue weighted by molar-refractivity contribution is 0.410. The summed E-state index contributed by atoms with van der Waals surface area (Å²) in [5.41, 5.74) is 49.3. The Hall–Kier alpha value is -13.3. The summed E-state index contributed by atoms with van der Waals surface area (Å²) in [5.74, 6) is 2.47. The summed E-state index contributed by atoms with van der Waals surface area (Å²) < 4.78 is 0. The molecule has 7 aliphatic rings. The maximum absolute atomic E-state index is 4.68. The van der Waals surface area contributed by atoms with E-state index in [2.05, 4.69) is 447 Å². The van der Waals surface area contributed by atoms with Gasteiger partial charge in [0.15, 0.2) is 0 Å². The van der Waals surface area contributed by atoms with Crippen LogP contribution >= 0.6 is 0 Å². The standard InChI is InChI=1S/C23H26N2.C22H22N2.2C22H24N2.2C21H22N2/c1-14-7-8-17-16(9-14)21-20-18(23(17,5)6)10-15(12-22(2,3)4)11-19(20)24-13-25-21;1-22(2)17-10-6-5-9-16(17)21-20-18(22)11-15(14-7-3-4-8-14)12-19(20)23-13-24-21;1-13(2)8-15-10-18-20-19(11-15)23-12-24-21(20)16-9-14(3)6-7-17(16)22(18,4)5;1-21(2,3)12-14-10-17-19-18(11-14)23-13-24-20(19)15-8-6-7-9-16(15)22(17,4)5;1-12(2)14-9-17-19-18(10-14)22-11-23-20(19)15-8-13(3)6-7-16(15)21(17,4)5;1-13(2)9-14-10-17-19-18(11-14)22-12-23-20(19)15-7-5-6-8-16(15)21(17,3)4/h7-11,13H,12H2,1-6H3;5-6,9-14H,3-4,7-8H2,1-2H3;6-7,9-13H,8H2,1-5H3;6-11,13H,12H2,1-5H3;6-12H,1-5H3;5-8,10-13H,9H2,1-4H3. The molecule has 25 rings (SSSR count). The molecule has 724 valence electrons. The molecule has 0 saturated heterocycles. The number of hydrogen-bond acceptors (Lipinski definition) is 12. The van der Waals surface area contributed by atoms with Crippen molar-refractivity contribution in [2.75, 3.05) is 0 Å². The highest BCUT2D eigenvalue weighted by Gasteiger charge is 2.43. The van der Waals surface area contributed by atoms with Crippen LogP contribution in [0.25, 0.3) is 133 Å². The van der Waals surface area contributed by atoms with Crippen molar-refractivity contribution in [3.63, 3.8) is 0 Å². The van der Waals surface area contributed by atoms with Gasteiger partial charge in [-0.1, -0.05) is 341 Å². The number of fused-ring (bicyclic) bond motifs is 12. The second-order valence-corrected chi connectivity index (χ2v) is 48.7. The van der Waals surface area contributed by atoms with E-state index in [-0.39, 0.29) is 43.3 Å². The van der Waals surface area contributed by atoms with Gasteiger partial charge in [0.05, 0.1) is 67.3 Å². The Morgan fingerprint density at radius 3 is 0.804 bits per heavy atom. The van der Waals surface area contributed by atoms with E-state index >= 15 is 0 Å². The van der Waals surface area contributed by atoms with Gasteiger partial charge in [0, 0.05) is 98.2 Å². The highest BCUT2D eigenvalue weighted by molar-refractivity contribution is 6.06. The predicted molar refractivity (Wildman–Crippen MR) is 596 cm³/mol. The quantitative estimate of drug-likeness (QED) is 0.142. The zero-order valence-corrected chi connectivity index (χ0v) is 89.3. The van der Waals surface area contributed by atoms with Crippen molar-refractivity contribution in [1.82, 2.24) is 59.8 Å². The van der Waals surface area contributed by atoms with Crippen LogP contribution in [0.3, 0.4) is 0 Å². The minimum atomic E-state index is -0.0487. The summed E-state index contributed by atoms with van der Waals surface area (Å²) >= 11 is 0. The zero-order valence-electron chi connectivity index (χ0n) is 89.3. The average molecular weight is 1880 g/mol. The van der Waals surface area contributed by atoms with Crippen LogP contribution in [-0.2, 0) is 58.2 Å². The van der Waals surface area contributed by atoms with Gasteiger partial charge >= 0.3 is 0 Å². The lowest BCUT2D eigenvalue weighted by Crippen LogP contribution is -2.25. The summed E-state index contributed by atoms with van der Waals surface area (Å²) in [6, 6.07) is 74.2. The molecule has 0 bridgehead atoms. The van der Waals surface area contributed by atoms with E-state index in [1.54, 1.807) is 38.0 Å². The molecule has 6 aromatic heterocycles. The monoisotopic (exact) mass is 1880 g/mol. The Morgan fingerprint density at radius 2 is 0.510 bits per heavy atom. The molecule has 0 aliphatic heterocycles. The molecule has 143 heavy (non-hydrogen) atoms. The fraction of sp³-hybridized carbons (Fsp3) is 0.359. The molecular formula is C131H140N12. The largest absolute Gasteiger partial charge is 0.236 e. The third kappa shape index (κ3) is 17.5. The van der Waals surface area contributed by atoms with Crippen molar-refractivity contribution in [3.05, 3.63) is 355 Å². The van der Waals surface area contributed by atoms with Crippen molar-refractivity contribution in [2.45, 2.75) is 283 Å². The summed E-state index contributed by atoms with van der Waals surface area (Å²) in [6.07, 6.45) is 19.9. The molecule has 7 aliphatic carbocycles. The van der Waals surface area contributed by atoms with Crippen molar-refractivity contribution in [3.8, 4) is 67.5 Å². The zero-order chi connectivity index (χ0) is 101. The molecule has 6 heterocycles. The van der Waals surface area contributed by atoms with Gasteiger partial charge in [0.25, 0.3) is 0 Å². The van der Waals surface area contributed by atoms with Crippen LogP contribution in [0, 0.1) is 43.4 Å². The highest BCUT2D eigenvalue weighted by atomic mass is 14.9. The number of aryl methyl sites for hydroxylation is 3. The first kappa shape index (κ1) is 97.1. The van der Waals surface area contributed by atoms with E-state index in [1.807, 2.05) is 0 Å².